The number of hydrogen-bond acceptors (Lipinski definition) is 6. The highest BCUT2D eigenvalue weighted by molar-refractivity contribution is 5.97. The Labute approximate surface area is 189 Å². The summed E-state index contributed by atoms with van der Waals surface area (Å²) in [5, 5.41) is 4.12. The number of fused-ring (bicyclic) bond motifs is 2. The molecule has 1 saturated heterocycles. The lowest BCUT2D eigenvalue weighted by Gasteiger charge is -2.51. The van der Waals surface area contributed by atoms with E-state index >= 15 is 0 Å². The van der Waals surface area contributed by atoms with Crippen LogP contribution in [0.3, 0.4) is 0 Å². The largest absolute Gasteiger partial charge is 0.480 e. The molecule has 0 spiro atoms. The molecule has 6 rings (SSSR count). The predicted molar refractivity (Wildman–Crippen MR) is 121 cm³/mol. The molecule has 4 aromatic rings. The third kappa shape index (κ3) is 3.12. The molecule has 0 bridgehead atoms. The van der Waals surface area contributed by atoms with Crippen molar-refractivity contribution >= 4 is 28.5 Å². The predicted octanol–water partition coefficient (Wildman–Crippen LogP) is 3.38. The van der Waals surface area contributed by atoms with E-state index in [9.17, 15) is 9.18 Å². The highest BCUT2D eigenvalue weighted by atomic mass is 19.1. The van der Waals surface area contributed by atoms with Gasteiger partial charge in [-0.3, -0.25) is 9.20 Å². The molecule has 2 fully saturated rings. The van der Waals surface area contributed by atoms with E-state index < -0.39 is 5.95 Å². The summed E-state index contributed by atoms with van der Waals surface area (Å²) in [6.45, 7) is 2.99. The molecular weight excluding hydrogens is 425 g/mol. The summed E-state index contributed by atoms with van der Waals surface area (Å²) in [7, 11) is 1.57. The zero-order valence-corrected chi connectivity index (χ0v) is 18.4. The first kappa shape index (κ1) is 20.0. The SMILES string of the molecule is COc1nc(N[C@H]2C[C@](C)(N3CCCC3=O)C2)nc2[nH]cc(-c3ccc4ncc(F)n4c3)c12. The number of anilines is 1. The maximum atomic E-state index is 14.0. The highest BCUT2D eigenvalue weighted by Gasteiger charge is 2.48. The Morgan fingerprint density at radius 2 is 2.15 bits per heavy atom. The van der Waals surface area contributed by atoms with Crippen molar-refractivity contribution in [3.05, 3.63) is 36.7 Å². The zero-order chi connectivity index (χ0) is 22.7. The molecule has 1 aliphatic carbocycles. The second-order valence-electron chi connectivity index (χ2n) is 9.10. The summed E-state index contributed by atoms with van der Waals surface area (Å²) in [5.74, 6) is 0.734. The number of nitrogens with zero attached hydrogens (tertiary/aromatic N) is 5. The second kappa shape index (κ2) is 7.16. The number of H-pyrrole nitrogens is 1. The van der Waals surface area contributed by atoms with Gasteiger partial charge in [0.25, 0.3) is 0 Å². The lowest BCUT2D eigenvalue weighted by Crippen LogP contribution is -2.59. The number of pyridine rings is 1. The number of carbonyl (C=O) groups excluding carboxylic acids is 1. The fraction of sp³-hybridized carbons (Fsp3) is 0.391. The number of imidazole rings is 1. The van der Waals surface area contributed by atoms with Gasteiger partial charge in [0.05, 0.1) is 18.7 Å². The van der Waals surface area contributed by atoms with Crippen molar-refractivity contribution in [3.63, 3.8) is 0 Å². The van der Waals surface area contributed by atoms with Gasteiger partial charge in [0.2, 0.25) is 23.7 Å². The van der Waals surface area contributed by atoms with Crippen LogP contribution in [0.4, 0.5) is 10.3 Å². The maximum absolute atomic E-state index is 14.0. The number of methoxy groups -OCH3 is 1. The van der Waals surface area contributed by atoms with Gasteiger partial charge >= 0.3 is 0 Å². The van der Waals surface area contributed by atoms with E-state index in [0.717, 1.165) is 42.3 Å². The van der Waals surface area contributed by atoms with Crippen molar-refractivity contribution < 1.29 is 13.9 Å². The molecule has 10 heteroatoms. The third-order valence-electron chi connectivity index (χ3n) is 6.89. The molecule has 0 atom stereocenters. The minimum absolute atomic E-state index is 0.0969. The lowest BCUT2D eigenvalue weighted by atomic mass is 9.73. The van der Waals surface area contributed by atoms with Gasteiger partial charge in [0, 0.05) is 48.1 Å². The monoisotopic (exact) mass is 449 g/mol. The average Bonchev–Trinajstić information content (AvgIpc) is 3.50. The zero-order valence-electron chi connectivity index (χ0n) is 18.4. The summed E-state index contributed by atoms with van der Waals surface area (Å²) >= 11 is 0. The van der Waals surface area contributed by atoms with Crippen molar-refractivity contribution in [1.82, 2.24) is 29.2 Å². The van der Waals surface area contributed by atoms with Crippen LogP contribution in [0.1, 0.15) is 32.6 Å². The van der Waals surface area contributed by atoms with Gasteiger partial charge in [-0.15, -0.1) is 0 Å². The molecule has 2 aliphatic rings. The number of ether oxygens (including phenoxy) is 1. The maximum Gasteiger partial charge on any atom is 0.228 e. The quantitative estimate of drug-likeness (QED) is 0.485. The summed E-state index contributed by atoms with van der Waals surface area (Å²) in [4.78, 5) is 30.6. The van der Waals surface area contributed by atoms with E-state index in [0.29, 0.717) is 29.5 Å². The van der Waals surface area contributed by atoms with Crippen LogP contribution in [0.2, 0.25) is 0 Å². The van der Waals surface area contributed by atoms with Gasteiger partial charge in [0.15, 0.2) is 0 Å². The number of carbonyl (C=O) groups is 1. The van der Waals surface area contributed by atoms with Crippen LogP contribution in [0.15, 0.2) is 30.7 Å². The van der Waals surface area contributed by atoms with E-state index in [1.54, 1.807) is 19.4 Å². The van der Waals surface area contributed by atoms with E-state index in [1.807, 2.05) is 17.2 Å². The lowest BCUT2D eigenvalue weighted by molar-refractivity contribution is -0.136. The van der Waals surface area contributed by atoms with Crippen LogP contribution in [-0.2, 0) is 4.79 Å². The Balaban J connectivity index is 1.28. The Morgan fingerprint density at radius 1 is 1.30 bits per heavy atom. The summed E-state index contributed by atoms with van der Waals surface area (Å²) in [5.41, 5.74) is 2.67. The minimum Gasteiger partial charge on any atom is -0.480 e. The van der Waals surface area contributed by atoms with E-state index in [1.165, 1.54) is 10.6 Å². The molecule has 170 valence electrons. The van der Waals surface area contributed by atoms with Crippen molar-refractivity contribution in [2.45, 2.75) is 44.2 Å². The van der Waals surface area contributed by atoms with Crippen molar-refractivity contribution in [2.24, 2.45) is 0 Å². The van der Waals surface area contributed by atoms with Gasteiger partial charge < -0.3 is 19.9 Å². The molecule has 1 saturated carbocycles. The first-order chi connectivity index (χ1) is 15.9. The molecular formula is C23H24FN7O2. The summed E-state index contributed by atoms with van der Waals surface area (Å²) < 4.78 is 21.0. The van der Waals surface area contributed by atoms with Gasteiger partial charge in [0.1, 0.15) is 11.3 Å². The normalized spacial score (nSPS) is 22.8. The molecule has 1 aliphatic heterocycles. The Bertz CT molecular complexity index is 1390. The highest BCUT2D eigenvalue weighted by Crippen LogP contribution is 2.41. The number of halogens is 1. The first-order valence-electron chi connectivity index (χ1n) is 11.1. The Kier molecular flexibility index (Phi) is 4.33. The van der Waals surface area contributed by atoms with Crippen molar-refractivity contribution in [3.8, 4) is 17.0 Å². The molecule has 9 nitrogen and oxygen atoms in total. The van der Waals surface area contributed by atoms with E-state index in [2.05, 4.69) is 32.2 Å². The number of nitrogens with one attached hydrogen (secondary N) is 2. The summed E-state index contributed by atoms with van der Waals surface area (Å²) in [6, 6.07) is 3.83. The van der Waals surface area contributed by atoms with Crippen LogP contribution in [0.25, 0.3) is 27.8 Å². The van der Waals surface area contributed by atoms with E-state index in [4.69, 9.17) is 4.74 Å². The molecule has 4 aromatic heterocycles. The average molecular weight is 449 g/mol. The number of hydrogen-bond donors (Lipinski definition) is 2. The van der Waals surface area contributed by atoms with Gasteiger partial charge in [-0.05, 0) is 38.3 Å². The fourth-order valence-electron chi connectivity index (χ4n) is 5.28. The number of rotatable bonds is 5. The van der Waals surface area contributed by atoms with Crippen LogP contribution in [0.5, 0.6) is 5.88 Å². The topological polar surface area (TPSA) is 100 Å². The van der Waals surface area contributed by atoms with Crippen LogP contribution in [0, 0.1) is 5.95 Å². The molecule has 1 amide bonds. The molecule has 5 heterocycles. The van der Waals surface area contributed by atoms with Crippen molar-refractivity contribution in [2.75, 3.05) is 19.0 Å². The van der Waals surface area contributed by atoms with Gasteiger partial charge in [-0.25, -0.2) is 4.98 Å². The van der Waals surface area contributed by atoms with Crippen LogP contribution >= 0.6 is 0 Å². The molecule has 0 radical (unpaired) electrons. The fourth-order valence-corrected chi connectivity index (χ4v) is 5.28. The minimum atomic E-state index is -0.426. The van der Waals surface area contributed by atoms with Gasteiger partial charge in [-0.1, -0.05) is 0 Å². The first-order valence-corrected chi connectivity index (χ1v) is 11.1. The number of aromatic nitrogens is 5. The van der Waals surface area contributed by atoms with E-state index in [-0.39, 0.29) is 17.5 Å². The molecule has 0 aromatic carbocycles. The Morgan fingerprint density at radius 3 is 2.91 bits per heavy atom. The number of aromatic amines is 1. The van der Waals surface area contributed by atoms with Gasteiger partial charge in [-0.2, -0.15) is 14.4 Å². The standard InChI is InChI=1S/C23H24FN7O2/c1-23(31-7-3-4-18(31)32)8-14(9-23)27-22-28-20-19(21(29-22)33-2)15(10-26-20)13-5-6-17-25-11-16(24)30(17)12-13/h5-6,10-12,14H,3-4,7-9H2,1-2H3,(H2,26,27,28,29)/t14-,23-. The van der Waals surface area contributed by atoms with Crippen LogP contribution < -0.4 is 10.1 Å². The number of amides is 1. The molecule has 2 N–H and O–H groups in total. The second-order valence-corrected chi connectivity index (χ2v) is 9.10. The van der Waals surface area contributed by atoms with Crippen LogP contribution in [-0.4, -0.2) is 60.4 Å². The number of likely N-dealkylation sites (tertiary alicyclic amines) is 1. The third-order valence-corrected chi connectivity index (χ3v) is 6.89. The summed E-state index contributed by atoms with van der Waals surface area (Å²) in [6.07, 6.45) is 8.02. The van der Waals surface area contributed by atoms with Crippen molar-refractivity contribution in [1.29, 1.82) is 0 Å². The molecule has 33 heavy (non-hydrogen) atoms. The Hall–Kier alpha value is -3.69. The molecule has 0 unspecified atom stereocenters. The smallest absolute Gasteiger partial charge is 0.228 e.